The highest BCUT2D eigenvalue weighted by Gasteiger charge is 2.33. The van der Waals surface area contributed by atoms with Gasteiger partial charge >= 0.3 is 0 Å². The molecule has 0 saturated heterocycles. The molecule has 4 rings (SSSR count). The zero-order chi connectivity index (χ0) is 16.7. The van der Waals surface area contributed by atoms with Crippen molar-refractivity contribution in [1.29, 1.82) is 0 Å². The first-order chi connectivity index (χ1) is 11.6. The Hall–Kier alpha value is -2.06. The van der Waals surface area contributed by atoms with Crippen LogP contribution in [0.3, 0.4) is 0 Å². The summed E-state index contributed by atoms with van der Waals surface area (Å²) in [6.07, 6.45) is 2.93. The summed E-state index contributed by atoms with van der Waals surface area (Å²) in [5, 5.41) is 0.776. The van der Waals surface area contributed by atoms with E-state index in [1.54, 1.807) is 6.92 Å². The number of fused-ring (bicyclic) bond motifs is 2. The van der Waals surface area contributed by atoms with Crippen LogP contribution in [0.5, 0.6) is 0 Å². The Balaban J connectivity index is 1.90. The van der Waals surface area contributed by atoms with Crippen LogP contribution in [0.25, 0.3) is 5.57 Å². The third kappa shape index (κ3) is 2.55. The summed E-state index contributed by atoms with van der Waals surface area (Å²) in [6, 6.07) is 16.7. The second kappa shape index (κ2) is 6.10. The van der Waals surface area contributed by atoms with Gasteiger partial charge in [-0.25, -0.2) is 0 Å². The van der Waals surface area contributed by atoms with Crippen molar-refractivity contribution >= 4 is 23.1 Å². The van der Waals surface area contributed by atoms with Crippen LogP contribution in [-0.4, -0.2) is 17.4 Å². The molecule has 2 aliphatic rings. The molecule has 0 bridgehead atoms. The van der Waals surface area contributed by atoms with E-state index in [0.717, 1.165) is 30.8 Å². The number of amides is 1. The number of benzene rings is 2. The summed E-state index contributed by atoms with van der Waals surface area (Å²) < 4.78 is 0. The smallest absolute Gasteiger partial charge is 0.223 e. The summed E-state index contributed by atoms with van der Waals surface area (Å²) in [7, 11) is 0. The number of halogens is 1. The molecular weight excluding hydrogens is 318 g/mol. The Bertz CT molecular complexity index is 825. The van der Waals surface area contributed by atoms with Crippen molar-refractivity contribution in [2.75, 3.05) is 6.54 Å². The fourth-order valence-corrected chi connectivity index (χ4v) is 4.29. The monoisotopic (exact) mass is 337 g/mol. The van der Waals surface area contributed by atoms with Crippen molar-refractivity contribution in [2.24, 2.45) is 0 Å². The van der Waals surface area contributed by atoms with Crippen molar-refractivity contribution in [2.45, 2.75) is 32.1 Å². The molecule has 1 aliphatic heterocycles. The van der Waals surface area contributed by atoms with E-state index in [0.29, 0.717) is 0 Å². The minimum Gasteiger partial charge on any atom is -0.316 e. The predicted molar refractivity (Wildman–Crippen MR) is 97.9 cm³/mol. The highest BCUT2D eigenvalue weighted by molar-refractivity contribution is 6.30. The van der Waals surface area contributed by atoms with E-state index >= 15 is 0 Å². The number of nitrogens with zero attached hydrogens (tertiary/aromatic N) is 1. The molecule has 1 aliphatic carbocycles. The van der Waals surface area contributed by atoms with Gasteiger partial charge < -0.3 is 4.90 Å². The molecular formula is C21H20ClNO. The number of carbonyl (C=O) groups excluding carboxylic acids is 1. The van der Waals surface area contributed by atoms with E-state index in [2.05, 4.69) is 36.4 Å². The zero-order valence-corrected chi connectivity index (χ0v) is 14.5. The van der Waals surface area contributed by atoms with Crippen LogP contribution in [0.4, 0.5) is 0 Å². The molecule has 0 aromatic heterocycles. The van der Waals surface area contributed by atoms with E-state index in [-0.39, 0.29) is 11.8 Å². The SMILES string of the molecule is CC(=O)N1CCCC2=C1CC(c1ccccc1)c1cc(Cl)ccc12. The molecule has 1 atom stereocenters. The lowest BCUT2D eigenvalue weighted by Crippen LogP contribution is -2.35. The van der Waals surface area contributed by atoms with Gasteiger partial charge in [-0.1, -0.05) is 48.0 Å². The molecule has 2 aromatic rings. The Morgan fingerprint density at radius 1 is 1.17 bits per heavy atom. The zero-order valence-electron chi connectivity index (χ0n) is 13.8. The van der Waals surface area contributed by atoms with Crippen molar-refractivity contribution in [3.63, 3.8) is 0 Å². The van der Waals surface area contributed by atoms with Crippen LogP contribution in [-0.2, 0) is 4.79 Å². The van der Waals surface area contributed by atoms with Crippen LogP contribution in [0, 0.1) is 0 Å². The predicted octanol–water partition coefficient (Wildman–Crippen LogP) is 5.23. The number of rotatable bonds is 1. The Morgan fingerprint density at radius 3 is 2.71 bits per heavy atom. The molecule has 0 N–H and O–H groups in total. The molecule has 1 heterocycles. The second-order valence-corrected chi connectivity index (χ2v) is 7.03. The third-order valence-electron chi connectivity index (χ3n) is 5.18. The van der Waals surface area contributed by atoms with Crippen LogP contribution in [0.15, 0.2) is 54.2 Å². The molecule has 1 amide bonds. The van der Waals surface area contributed by atoms with Crippen LogP contribution >= 0.6 is 11.6 Å². The number of allylic oxidation sites excluding steroid dienone is 2. The van der Waals surface area contributed by atoms with E-state index in [1.807, 2.05) is 17.0 Å². The lowest BCUT2D eigenvalue weighted by Gasteiger charge is -2.38. The molecule has 1 unspecified atom stereocenters. The van der Waals surface area contributed by atoms with Gasteiger partial charge in [-0.3, -0.25) is 4.79 Å². The van der Waals surface area contributed by atoms with Gasteiger partial charge in [0.15, 0.2) is 0 Å². The van der Waals surface area contributed by atoms with E-state index < -0.39 is 0 Å². The van der Waals surface area contributed by atoms with Crippen molar-refractivity contribution in [3.05, 3.63) is 75.9 Å². The Morgan fingerprint density at radius 2 is 1.96 bits per heavy atom. The Labute approximate surface area is 147 Å². The molecule has 0 radical (unpaired) electrons. The maximum absolute atomic E-state index is 12.1. The molecule has 3 heteroatoms. The topological polar surface area (TPSA) is 20.3 Å². The number of hydrogen-bond acceptors (Lipinski definition) is 1. The second-order valence-electron chi connectivity index (χ2n) is 6.60. The average molecular weight is 338 g/mol. The van der Waals surface area contributed by atoms with Crippen LogP contribution in [0.1, 0.15) is 48.8 Å². The van der Waals surface area contributed by atoms with Gasteiger partial charge in [0, 0.05) is 30.1 Å². The summed E-state index contributed by atoms with van der Waals surface area (Å²) in [4.78, 5) is 14.1. The first kappa shape index (κ1) is 15.5. The summed E-state index contributed by atoms with van der Waals surface area (Å²) in [5.41, 5.74) is 6.37. The number of carbonyl (C=O) groups is 1. The highest BCUT2D eigenvalue weighted by Crippen LogP contribution is 2.47. The molecule has 2 nitrogen and oxygen atoms in total. The Kier molecular flexibility index (Phi) is 3.93. The molecule has 0 saturated carbocycles. The first-order valence-corrected chi connectivity index (χ1v) is 8.88. The minimum atomic E-state index is 0.145. The third-order valence-corrected chi connectivity index (χ3v) is 5.41. The lowest BCUT2D eigenvalue weighted by molar-refractivity contribution is -0.127. The van der Waals surface area contributed by atoms with Crippen LogP contribution in [0.2, 0.25) is 5.02 Å². The summed E-state index contributed by atoms with van der Waals surface area (Å²) in [6.45, 7) is 2.50. The fraction of sp³-hybridized carbons (Fsp3) is 0.286. The van der Waals surface area contributed by atoms with Gasteiger partial charge in [0.05, 0.1) is 0 Å². The normalized spacial score (nSPS) is 19.8. The van der Waals surface area contributed by atoms with Gasteiger partial charge in [-0.15, -0.1) is 0 Å². The fourth-order valence-electron chi connectivity index (χ4n) is 4.11. The van der Waals surface area contributed by atoms with E-state index in [4.69, 9.17) is 11.6 Å². The maximum Gasteiger partial charge on any atom is 0.223 e. The first-order valence-electron chi connectivity index (χ1n) is 8.50. The highest BCUT2D eigenvalue weighted by atomic mass is 35.5. The molecule has 122 valence electrons. The quantitative estimate of drug-likeness (QED) is 0.697. The standard InChI is InChI=1S/C21H20ClNO/c1-14(24)23-11-5-8-18-17-10-9-16(22)12-20(17)19(13-21(18)23)15-6-3-2-4-7-15/h2-4,6-7,9-10,12,19H,5,8,11,13H2,1H3. The molecule has 2 aromatic carbocycles. The van der Waals surface area contributed by atoms with E-state index in [9.17, 15) is 4.79 Å². The molecule has 0 spiro atoms. The maximum atomic E-state index is 12.1. The summed E-state index contributed by atoms with van der Waals surface area (Å²) in [5.74, 6) is 0.394. The minimum absolute atomic E-state index is 0.145. The average Bonchev–Trinajstić information content (AvgIpc) is 2.60. The van der Waals surface area contributed by atoms with Crippen molar-refractivity contribution in [3.8, 4) is 0 Å². The summed E-state index contributed by atoms with van der Waals surface area (Å²) >= 11 is 6.30. The molecule has 24 heavy (non-hydrogen) atoms. The number of hydrogen-bond donors (Lipinski definition) is 0. The lowest BCUT2D eigenvalue weighted by atomic mass is 9.75. The van der Waals surface area contributed by atoms with Gasteiger partial charge in [-0.05, 0) is 53.7 Å². The molecule has 0 fully saturated rings. The van der Waals surface area contributed by atoms with Gasteiger partial charge in [-0.2, -0.15) is 0 Å². The largest absolute Gasteiger partial charge is 0.316 e. The van der Waals surface area contributed by atoms with Crippen molar-refractivity contribution < 1.29 is 4.79 Å². The van der Waals surface area contributed by atoms with Gasteiger partial charge in [0.2, 0.25) is 5.91 Å². The van der Waals surface area contributed by atoms with Gasteiger partial charge in [0.1, 0.15) is 0 Å². The van der Waals surface area contributed by atoms with Crippen LogP contribution < -0.4 is 0 Å². The van der Waals surface area contributed by atoms with Crippen molar-refractivity contribution in [1.82, 2.24) is 4.90 Å². The van der Waals surface area contributed by atoms with Gasteiger partial charge in [0.25, 0.3) is 0 Å². The van der Waals surface area contributed by atoms with E-state index in [1.165, 1.54) is 28.0 Å².